The summed E-state index contributed by atoms with van der Waals surface area (Å²) in [6, 6.07) is 25.7. The summed E-state index contributed by atoms with van der Waals surface area (Å²) in [5.41, 5.74) is 0.397. The van der Waals surface area contributed by atoms with Crippen LogP contribution in [-0.2, 0) is 5.60 Å². The van der Waals surface area contributed by atoms with E-state index < -0.39 is 11.7 Å². The quantitative estimate of drug-likeness (QED) is 0.681. The number of hydrogen-bond acceptors (Lipinski definition) is 2. The molecule has 3 aromatic carbocycles. The van der Waals surface area contributed by atoms with Gasteiger partial charge in [-0.15, -0.1) is 0 Å². The van der Waals surface area contributed by atoms with Crippen LogP contribution in [0.1, 0.15) is 22.8 Å². The minimum absolute atomic E-state index is 0.414. The lowest BCUT2D eigenvalue weighted by atomic mass is 9.83. The summed E-state index contributed by atoms with van der Waals surface area (Å²) >= 11 is 6.23. The van der Waals surface area contributed by atoms with E-state index in [0.717, 1.165) is 5.56 Å². The largest absolute Gasteiger partial charge is 0.385 e. The number of rotatable bonds is 5. The minimum Gasteiger partial charge on any atom is -0.385 e. The van der Waals surface area contributed by atoms with E-state index in [0.29, 0.717) is 16.1 Å². The Bertz CT molecular complexity index is 846. The van der Waals surface area contributed by atoms with Crippen molar-refractivity contribution in [3.63, 3.8) is 0 Å². The summed E-state index contributed by atoms with van der Waals surface area (Å²) < 4.78 is 0. The molecule has 2 N–H and O–H groups in total. The van der Waals surface area contributed by atoms with Gasteiger partial charge < -0.3 is 10.2 Å². The molecule has 0 amide bonds. The molecule has 0 saturated heterocycles. The van der Waals surface area contributed by atoms with Gasteiger partial charge in [0.2, 0.25) is 0 Å². The fourth-order valence-corrected chi connectivity index (χ4v) is 3.01. The predicted molar refractivity (Wildman–Crippen MR) is 102 cm³/mol. The fourth-order valence-electron chi connectivity index (χ4n) is 2.77. The van der Waals surface area contributed by atoms with Gasteiger partial charge in [0.25, 0.3) is 0 Å². The summed E-state index contributed by atoms with van der Waals surface area (Å²) in [5.74, 6) is 0. The zero-order valence-electron chi connectivity index (χ0n) is 13.6. The van der Waals surface area contributed by atoms with E-state index in [4.69, 9.17) is 11.6 Å². The Morgan fingerprint density at radius 3 is 2.00 bits per heavy atom. The molecular formula is C22H19ClO2. The van der Waals surface area contributed by atoms with Gasteiger partial charge in [0.1, 0.15) is 11.7 Å². The second-order valence-corrected chi connectivity index (χ2v) is 6.27. The molecule has 3 heteroatoms. The van der Waals surface area contributed by atoms with Crippen molar-refractivity contribution in [1.29, 1.82) is 0 Å². The standard InChI is InChI=1S/C22H19ClO2/c23-20-14-8-7-13-19(20)21(24)22(25,18-11-5-2-6-12-18)16-15-17-9-3-1-4-10-17/h1-16,21,24-25H/b16-15+. The third kappa shape index (κ3) is 3.83. The highest BCUT2D eigenvalue weighted by molar-refractivity contribution is 6.31. The van der Waals surface area contributed by atoms with Crippen molar-refractivity contribution < 1.29 is 10.2 Å². The Hall–Kier alpha value is -2.39. The van der Waals surface area contributed by atoms with Crippen LogP contribution < -0.4 is 0 Å². The molecule has 2 nitrogen and oxygen atoms in total. The van der Waals surface area contributed by atoms with Crippen LogP contribution in [0.25, 0.3) is 6.08 Å². The first-order chi connectivity index (χ1) is 12.1. The van der Waals surface area contributed by atoms with Crippen molar-refractivity contribution in [2.24, 2.45) is 0 Å². The molecule has 0 radical (unpaired) electrons. The van der Waals surface area contributed by atoms with Crippen LogP contribution in [0.3, 0.4) is 0 Å². The van der Waals surface area contributed by atoms with E-state index in [1.54, 1.807) is 48.6 Å². The maximum atomic E-state index is 11.4. The molecule has 0 aromatic heterocycles. The third-order valence-corrected chi connectivity index (χ3v) is 4.53. The topological polar surface area (TPSA) is 40.5 Å². The highest BCUT2D eigenvalue weighted by Gasteiger charge is 2.37. The zero-order chi connectivity index (χ0) is 17.7. The highest BCUT2D eigenvalue weighted by Crippen LogP contribution is 2.39. The monoisotopic (exact) mass is 350 g/mol. The average Bonchev–Trinajstić information content (AvgIpc) is 2.67. The van der Waals surface area contributed by atoms with E-state index in [9.17, 15) is 10.2 Å². The van der Waals surface area contributed by atoms with Crippen LogP contribution in [0, 0.1) is 0 Å². The lowest BCUT2D eigenvalue weighted by molar-refractivity contribution is -0.0453. The Kier molecular flexibility index (Phi) is 5.34. The number of aliphatic hydroxyl groups excluding tert-OH is 1. The summed E-state index contributed by atoms with van der Waals surface area (Å²) in [6.07, 6.45) is 2.21. The summed E-state index contributed by atoms with van der Waals surface area (Å²) in [5, 5.41) is 22.8. The van der Waals surface area contributed by atoms with Gasteiger partial charge in [-0.25, -0.2) is 0 Å². The molecular weight excluding hydrogens is 332 g/mol. The van der Waals surface area contributed by atoms with Gasteiger partial charge in [-0.05, 0) is 23.3 Å². The van der Waals surface area contributed by atoms with Gasteiger partial charge in [-0.1, -0.05) is 96.5 Å². The molecule has 0 aliphatic heterocycles. The van der Waals surface area contributed by atoms with Crippen molar-refractivity contribution in [2.75, 3.05) is 0 Å². The summed E-state index contributed by atoms with van der Waals surface area (Å²) in [6.45, 7) is 0. The molecule has 2 atom stereocenters. The van der Waals surface area contributed by atoms with Gasteiger partial charge >= 0.3 is 0 Å². The zero-order valence-corrected chi connectivity index (χ0v) is 14.3. The van der Waals surface area contributed by atoms with Crippen molar-refractivity contribution in [1.82, 2.24) is 0 Å². The van der Waals surface area contributed by atoms with Crippen LogP contribution in [0.15, 0.2) is 91.0 Å². The molecule has 2 unspecified atom stereocenters. The number of halogens is 1. The van der Waals surface area contributed by atoms with Crippen LogP contribution in [0.2, 0.25) is 5.02 Å². The SMILES string of the molecule is OC(c1ccccc1Cl)C(O)(/C=C/c1ccccc1)c1ccccc1. The molecule has 0 fully saturated rings. The minimum atomic E-state index is -1.61. The van der Waals surface area contributed by atoms with Crippen LogP contribution >= 0.6 is 11.6 Å². The predicted octanol–water partition coefficient (Wildman–Crippen LogP) is 4.97. The maximum Gasteiger partial charge on any atom is 0.138 e. The second kappa shape index (κ2) is 7.66. The van der Waals surface area contributed by atoms with Crippen molar-refractivity contribution >= 4 is 17.7 Å². The number of hydrogen-bond donors (Lipinski definition) is 2. The van der Waals surface area contributed by atoms with Gasteiger partial charge in [0.15, 0.2) is 0 Å². The van der Waals surface area contributed by atoms with E-state index in [-0.39, 0.29) is 0 Å². The smallest absolute Gasteiger partial charge is 0.138 e. The van der Waals surface area contributed by atoms with Gasteiger partial charge in [0.05, 0.1) is 0 Å². The molecule has 0 spiro atoms. The lowest BCUT2D eigenvalue weighted by Crippen LogP contribution is -2.31. The Morgan fingerprint density at radius 1 is 0.800 bits per heavy atom. The fraction of sp³-hybridized carbons (Fsp3) is 0.0909. The summed E-state index contributed by atoms with van der Waals surface area (Å²) in [4.78, 5) is 0. The van der Waals surface area contributed by atoms with Gasteiger partial charge in [-0.3, -0.25) is 0 Å². The lowest BCUT2D eigenvalue weighted by Gasteiger charge is -2.31. The number of aliphatic hydroxyl groups is 2. The first kappa shape index (κ1) is 17.4. The molecule has 3 aromatic rings. The molecule has 0 bridgehead atoms. The second-order valence-electron chi connectivity index (χ2n) is 5.86. The van der Waals surface area contributed by atoms with E-state index >= 15 is 0 Å². The Labute approximate surface area is 152 Å². The maximum absolute atomic E-state index is 11.4. The average molecular weight is 351 g/mol. The van der Waals surface area contributed by atoms with Crippen molar-refractivity contribution in [2.45, 2.75) is 11.7 Å². The van der Waals surface area contributed by atoms with E-state index in [1.165, 1.54) is 0 Å². The van der Waals surface area contributed by atoms with E-state index in [2.05, 4.69) is 0 Å². The van der Waals surface area contributed by atoms with Gasteiger partial charge in [-0.2, -0.15) is 0 Å². The van der Waals surface area contributed by atoms with E-state index in [1.807, 2.05) is 48.5 Å². The Morgan fingerprint density at radius 2 is 1.36 bits per heavy atom. The van der Waals surface area contributed by atoms with Crippen LogP contribution in [0.5, 0.6) is 0 Å². The first-order valence-electron chi connectivity index (χ1n) is 8.06. The normalized spacial score (nSPS) is 15.0. The highest BCUT2D eigenvalue weighted by atomic mass is 35.5. The van der Waals surface area contributed by atoms with Crippen molar-refractivity contribution in [3.05, 3.63) is 113 Å². The molecule has 0 saturated carbocycles. The molecule has 0 heterocycles. The molecule has 3 rings (SSSR count). The molecule has 25 heavy (non-hydrogen) atoms. The Balaban J connectivity index is 2.06. The number of benzene rings is 3. The van der Waals surface area contributed by atoms with Gasteiger partial charge in [0, 0.05) is 10.6 Å². The van der Waals surface area contributed by atoms with Crippen molar-refractivity contribution in [3.8, 4) is 0 Å². The molecule has 0 aliphatic carbocycles. The first-order valence-corrected chi connectivity index (χ1v) is 8.44. The van der Waals surface area contributed by atoms with Crippen LogP contribution in [-0.4, -0.2) is 10.2 Å². The van der Waals surface area contributed by atoms with Crippen LogP contribution in [0.4, 0.5) is 0 Å². The third-order valence-electron chi connectivity index (χ3n) is 4.18. The molecule has 0 aliphatic rings. The molecule has 126 valence electrons. The summed E-state index contributed by atoms with van der Waals surface area (Å²) in [7, 11) is 0.